The van der Waals surface area contributed by atoms with Crippen LogP contribution >= 0.6 is 0 Å². The largest absolute Gasteiger partial charge is 0.493 e. The molecular formula is C27H32N6O5. The van der Waals surface area contributed by atoms with Crippen LogP contribution in [0.1, 0.15) is 31.6 Å². The van der Waals surface area contributed by atoms with Crippen LogP contribution in [0, 0.1) is 0 Å². The smallest absolute Gasteiger partial charge is 0.207 e. The van der Waals surface area contributed by atoms with Gasteiger partial charge in [-0.15, -0.1) is 0 Å². The number of benzene rings is 2. The van der Waals surface area contributed by atoms with Gasteiger partial charge in [0.05, 0.1) is 13.2 Å². The Kier molecular flexibility index (Phi) is 7.70. The normalized spacial score (nSPS) is 21.2. The zero-order valence-corrected chi connectivity index (χ0v) is 21.1. The molecule has 3 heterocycles. The van der Waals surface area contributed by atoms with E-state index in [0.717, 1.165) is 35.3 Å². The van der Waals surface area contributed by atoms with E-state index >= 15 is 0 Å². The van der Waals surface area contributed by atoms with Crippen molar-refractivity contribution in [1.29, 1.82) is 0 Å². The Hall–Kier alpha value is -3.77. The zero-order chi connectivity index (χ0) is 26.6. The number of anilines is 2. The molecule has 0 aliphatic carbocycles. The maximum atomic E-state index is 10.7. The SMILES string of the molecule is CCCCOc1cc(CNc2nc3c(N)ncnc3n2[C@@H]2O[C@H](CO)[C@@H](O)[C@H]2O)ccc1-c1ccccc1. The Morgan fingerprint density at radius 3 is 2.66 bits per heavy atom. The number of nitrogen functional groups attached to an aromatic ring is 1. The molecule has 0 unspecified atom stereocenters. The van der Waals surface area contributed by atoms with Gasteiger partial charge >= 0.3 is 0 Å². The summed E-state index contributed by atoms with van der Waals surface area (Å²) in [6.07, 6.45) is -1.31. The van der Waals surface area contributed by atoms with Gasteiger partial charge < -0.3 is 35.8 Å². The number of nitrogens with two attached hydrogens (primary N) is 1. The molecule has 6 N–H and O–H groups in total. The first-order chi connectivity index (χ1) is 18.5. The summed E-state index contributed by atoms with van der Waals surface area (Å²) in [6.45, 7) is 2.66. The quantitative estimate of drug-likeness (QED) is 0.196. The summed E-state index contributed by atoms with van der Waals surface area (Å²) in [5, 5.41) is 33.9. The van der Waals surface area contributed by atoms with E-state index in [2.05, 4.69) is 39.3 Å². The van der Waals surface area contributed by atoms with Crippen molar-refractivity contribution in [3.63, 3.8) is 0 Å². The Balaban J connectivity index is 1.46. The van der Waals surface area contributed by atoms with Crippen molar-refractivity contribution >= 4 is 22.9 Å². The second-order valence-electron chi connectivity index (χ2n) is 9.22. The fourth-order valence-electron chi connectivity index (χ4n) is 4.55. The van der Waals surface area contributed by atoms with Crippen LogP contribution in [0.15, 0.2) is 54.9 Å². The third kappa shape index (κ3) is 5.01. The molecule has 2 aromatic carbocycles. The first-order valence-electron chi connectivity index (χ1n) is 12.7. The Morgan fingerprint density at radius 2 is 1.92 bits per heavy atom. The van der Waals surface area contributed by atoms with Gasteiger partial charge in [0.15, 0.2) is 23.2 Å². The predicted molar refractivity (Wildman–Crippen MR) is 142 cm³/mol. The van der Waals surface area contributed by atoms with Crippen molar-refractivity contribution in [2.45, 2.75) is 50.8 Å². The van der Waals surface area contributed by atoms with Gasteiger partial charge in [0.1, 0.15) is 30.4 Å². The molecule has 2 aromatic heterocycles. The van der Waals surface area contributed by atoms with Gasteiger partial charge in [0, 0.05) is 12.1 Å². The van der Waals surface area contributed by atoms with Gasteiger partial charge in [-0.3, -0.25) is 4.57 Å². The van der Waals surface area contributed by atoms with E-state index < -0.39 is 31.1 Å². The number of ether oxygens (including phenoxy) is 2. The summed E-state index contributed by atoms with van der Waals surface area (Å²) >= 11 is 0. The van der Waals surface area contributed by atoms with Gasteiger partial charge in [0.2, 0.25) is 5.95 Å². The van der Waals surface area contributed by atoms with E-state index in [1.165, 1.54) is 10.9 Å². The van der Waals surface area contributed by atoms with Gasteiger partial charge in [-0.05, 0) is 23.6 Å². The van der Waals surface area contributed by atoms with E-state index in [0.29, 0.717) is 30.3 Å². The molecule has 4 atom stereocenters. The molecule has 4 aromatic rings. The number of rotatable bonds is 10. The second kappa shape index (κ2) is 11.3. The number of unbranched alkanes of at least 4 members (excludes halogenated alkanes) is 1. The van der Waals surface area contributed by atoms with Gasteiger partial charge in [-0.25, -0.2) is 15.0 Å². The van der Waals surface area contributed by atoms with Gasteiger partial charge in [0.25, 0.3) is 0 Å². The first kappa shape index (κ1) is 25.9. The molecule has 0 radical (unpaired) electrons. The number of hydrogen-bond acceptors (Lipinski definition) is 10. The fourth-order valence-corrected chi connectivity index (χ4v) is 4.55. The molecule has 1 fully saturated rings. The minimum Gasteiger partial charge on any atom is -0.493 e. The number of nitrogens with one attached hydrogen (secondary N) is 1. The average Bonchev–Trinajstić information content (AvgIpc) is 3.45. The number of aliphatic hydroxyl groups excluding tert-OH is 3. The third-order valence-electron chi connectivity index (χ3n) is 6.61. The molecule has 1 aliphatic heterocycles. The average molecular weight is 521 g/mol. The summed E-state index contributed by atoms with van der Waals surface area (Å²) in [5.41, 5.74) is 9.72. The Labute approximate surface area is 219 Å². The lowest BCUT2D eigenvalue weighted by Gasteiger charge is -2.20. The Morgan fingerprint density at radius 1 is 1.11 bits per heavy atom. The minimum atomic E-state index is -1.31. The maximum Gasteiger partial charge on any atom is 0.207 e. The topological polar surface area (TPSA) is 161 Å². The van der Waals surface area contributed by atoms with E-state index in [4.69, 9.17) is 15.2 Å². The number of aromatic nitrogens is 4. The summed E-state index contributed by atoms with van der Waals surface area (Å²) in [6, 6.07) is 16.1. The summed E-state index contributed by atoms with van der Waals surface area (Å²) in [7, 11) is 0. The van der Waals surface area contributed by atoms with E-state index in [9.17, 15) is 15.3 Å². The van der Waals surface area contributed by atoms with Crippen molar-refractivity contribution in [1.82, 2.24) is 19.5 Å². The van der Waals surface area contributed by atoms with Crippen molar-refractivity contribution < 1.29 is 24.8 Å². The van der Waals surface area contributed by atoms with Crippen LogP contribution in [0.5, 0.6) is 5.75 Å². The van der Waals surface area contributed by atoms with Crippen molar-refractivity contribution in [3.05, 3.63) is 60.4 Å². The lowest BCUT2D eigenvalue weighted by molar-refractivity contribution is -0.0501. The summed E-state index contributed by atoms with van der Waals surface area (Å²) in [5.74, 6) is 1.28. The van der Waals surface area contributed by atoms with Crippen LogP contribution in [-0.4, -0.2) is 66.4 Å². The van der Waals surface area contributed by atoms with Crippen molar-refractivity contribution in [2.24, 2.45) is 0 Å². The molecule has 0 bridgehead atoms. The van der Waals surface area contributed by atoms with Crippen molar-refractivity contribution in [3.8, 4) is 16.9 Å². The van der Waals surface area contributed by atoms with Gasteiger partial charge in [-0.2, -0.15) is 0 Å². The summed E-state index contributed by atoms with van der Waals surface area (Å²) < 4.78 is 13.5. The van der Waals surface area contributed by atoms with Gasteiger partial charge in [-0.1, -0.05) is 55.8 Å². The molecule has 1 aliphatic rings. The van der Waals surface area contributed by atoms with E-state index in [1.54, 1.807) is 0 Å². The molecule has 0 saturated carbocycles. The first-order valence-corrected chi connectivity index (χ1v) is 12.7. The summed E-state index contributed by atoms with van der Waals surface area (Å²) in [4.78, 5) is 12.9. The molecule has 0 spiro atoms. The monoisotopic (exact) mass is 520 g/mol. The van der Waals surface area contributed by atoms with Crippen LogP contribution in [0.2, 0.25) is 0 Å². The number of hydrogen-bond donors (Lipinski definition) is 5. The number of nitrogens with zero attached hydrogens (tertiary/aromatic N) is 4. The molecule has 38 heavy (non-hydrogen) atoms. The Bertz CT molecular complexity index is 1380. The van der Waals surface area contributed by atoms with Crippen molar-refractivity contribution in [2.75, 3.05) is 24.3 Å². The van der Waals surface area contributed by atoms with Crippen LogP contribution < -0.4 is 15.8 Å². The molecular weight excluding hydrogens is 488 g/mol. The second-order valence-corrected chi connectivity index (χ2v) is 9.22. The predicted octanol–water partition coefficient (Wildman–Crippen LogP) is 2.48. The highest BCUT2D eigenvalue weighted by atomic mass is 16.6. The third-order valence-corrected chi connectivity index (χ3v) is 6.61. The number of aliphatic hydroxyl groups is 3. The maximum absolute atomic E-state index is 10.7. The number of fused-ring (bicyclic) bond motifs is 1. The fraction of sp³-hybridized carbons (Fsp3) is 0.370. The van der Waals surface area contributed by atoms with E-state index in [1.807, 2.05) is 36.4 Å². The van der Waals surface area contributed by atoms with Crippen LogP contribution in [0.4, 0.5) is 11.8 Å². The lowest BCUT2D eigenvalue weighted by Crippen LogP contribution is -2.33. The molecule has 11 nitrogen and oxygen atoms in total. The number of imidazole rings is 1. The molecule has 0 amide bonds. The highest BCUT2D eigenvalue weighted by molar-refractivity contribution is 5.84. The molecule has 200 valence electrons. The standard InChI is InChI=1S/C27H32N6O5/c1-2-3-11-37-19-12-16(9-10-18(19)17-7-5-4-6-8-17)13-29-27-32-21-24(28)30-15-31-25(21)33(27)26-23(36)22(35)20(14-34)38-26/h4-10,12,15,20,22-23,26,34-36H,2-3,11,13-14H2,1H3,(H,29,32)(H2,28,30,31)/t20-,22-,23-,26-/m1/s1. The van der Waals surface area contributed by atoms with Crippen LogP contribution in [0.25, 0.3) is 22.3 Å². The zero-order valence-electron chi connectivity index (χ0n) is 21.1. The van der Waals surface area contributed by atoms with Crippen LogP contribution in [0.3, 0.4) is 0 Å². The lowest BCUT2D eigenvalue weighted by atomic mass is 10.0. The highest BCUT2D eigenvalue weighted by Gasteiger charge is 2.45. The van der Waals surface area contributed by atoms with E-state index in [-0.39, 0.29) is 5.82 Å². The molecule has 11 heteroatoms. The van der Waals surface area contributed by atoms with Crippen LogP contribution in [-0.2, 0) is 11.3 Å². The molecule has 1 saturated heterocycles. The highest BCUT2D eigenvalue weighted by Crippen LogP contribution is 2.36. The molecule has 5 rings (SSSR count). The minimum absolute atomic E-state index is 0.169.